The standard InChI is InChI=1S/C58H42N4/c1-39-21-25-43(26-22-39)60(47-33-36-56-52(37-47)49-18-10-11-19-54(49)61(56)45-27-23-40(2)24-28-45)44-29-31-46(32-30-44)62-55-20-12-9-17-48(55)50-34-35-51-53(41-13-5-3-6-14-41)38-59(57(51)58(50)62)42-15-7-4-8-16-42/h3-38H,1-2H3. The Bertz CT molecular complexity index is 3610. The van der Waals surface area contributed by atoms with Crippen LogP contribution in [0.4, 0.5) is 17.1 Å². The molecule has 4 heteroatoms. The van der Waals surface area contributed by atoms with E-state index in [0.717, 1.165) is 34.1 Å². The molecule has 0 unspecified atom stereocenters. The molecule has 4 nitrogen and oxygen atoms in total. The van der Waals surface area contributed by atoms with Gasteiger partial charge in [0.1, 0.15) is 0 Å². The molecule has 0 fully saturated rings. The highest BCUT2D eigenvalue weighted by molar-refractivity contribution is 6.20. The summed E-state index contributed by atoms with van der Waals surface area (Å²) in [5.74, 6) is 0. The second-order valence-electron chi connectivity index (χ2n) is 16.4. The lowest BCUT2D eigenvalue weighted by atomic mass is 10.0. The van der Waals surface area contributed by atoms with Gasteiger partial charge in [0, 0.05) is 72.8 Å². The second kappa shape index (κ2) is 14.3. The maximum atomic E-state index is 2.47. The number of aryl methyl sites for hydroxylation is 2. The maximum absolute atomic E-state index is 2.47. The number of hydrogen-bond acceptors (Lipinski definition) is 1. The Kier molecular flexibility index (Phi) is 8.26. The summed E-state index contributed by atoms with van der Waals surface area (Å²) in [6.45, 7) is 4.29. The van der Waals surface area contributed by atoms with E-state index in [1.54, 1.807) is 0 Å². The van der Waals surface area contributed by atoms with Crippen LogP contribution in [0.2, 0.25) is 0 Å². The Morgan fingerprint density at radius 3 is 1.53 bits per heavy atom. The van der Waals surface area contributed by atoms with Gasteiger partial charge in [0.25, 0.3) is 0 Å². The average molecular weight is 795 g/mol. The van der Waals surface area contributed by atoms with E-state index in [0.29, 0.717) is 0 Å². The van der Waals surface area contributed by atoms with E-state index < -0.39 is 0 Å². The molecule has 0 bridgehead atoms. The minimum absolute atomic E-state index is 1.09. The van der Waals surface area contributed by atoms with Gasteiger partial charge in [-0.05, 0) is 110 Å². The fourth-order valence-electron chi connectivity index (χ4n) is 9.64. The van der Waals surface area contributed by atoms with Gasteiger partial charge >= 0.3 is 0 Å². The molecule has 294 valence electrons. The summed E-state index contributed by atoms with van der Waals surface area (Å²) >= 11 is 0. The van der Waals surface area contributed by atoms with E-state index in [9.17, 15) is 0 Å². The Morgan fingerprint density at radius 1 is 0.339 bits per heavy atom. The molecule has 9 aromatic carbocycles. The van der Waals surface area contributed by atoms with Crippen molar-refractivity contribution in [2.45, 2.75) is 13.8 Å². The van der Waals surface area contributed by atoms with Crippen LogP contribution in [0.15, 0.2) is 219 Å². The number of para-hydroxylation sites is 3. The summed E-state index contributed by atoms with van der Waals surface area (Å²) in [5.41, 5.74) is 17.5. The van der Waals surface area contributed by atoms with Gasteiger partial charge in [-0.2, -0.15) is 0 Å². The van der Waals surface area contributed by atoms with E-state index in [2.05, 4.69) is 251 Å². The lowest BCUT2D eigenvalue weighted by Gasteiger charge is -2.26. The minimum atomic E-state index is 1.09. The molecule has 3 aromatic heterocycles. The Morgan fingerprint density at radius 2 is 0.839 bits per heavy atom. The fraction of sp³-hybridized carbons (Fsp3) is 0.0345. The molecule has 0 spiro atoms. The van der Waals surface area contributed by atoms with Crippen molar-refractivity contribution < 1.29 is 0 Å². The van der Waals surface area contributed by atoms with Crippen LogP contribution in [-0.4, -0.2) is 13.7 Å². The molecule has 3 heterocycles. The van der Waals surface area contributed by atoms with Crippen molar-refractivity contribution in [2.24, 2.45) is 0 Å². The average Bonchev–Trinajstić information content (AvgIpc) is 3.99. The van der Waals surface area contributed by atoms with Crippen LogP contribution in [0, 0.1) is 13.8 Å². The summed E-state index contributed by atoms with van der Waals surface area (Å²) in [6, 6.07) is 77.4. The smallest absolute Gasteiger partial charge is 0.0788 e. The second-order valence-corrected chi connectivity index (χ2v) is 16.4. The first-order valence-corrected chi connectivity index (χ1v) is 21.3. The highest BCUT2D eigenvalue weighted by Gasteiger charge is 2.22. The van der Waals surface area contributed by atoms with Crippen molar-refractivity contribution in [2.75, 3.05) is 4.90 Å². The predicted molar refractivity (Wildman–Crippen MR) is 262 cm³/mol. The summed E-state index contributed by atoms with van der Waals surface area (Å²) < 4.78 is 7.24. The van der Waals surface area contributed by atoms with Crippen molar-refractivity contribution in [3.8, 4) is 28.2 Å². The topological polar surface area (TPSA) is 18.0 Å². The largest absolute Gasteiger partial charge is 0.314 e. The van der Waals surface area contributed by atoms with E-state index in [1.165, 1.54) is 76.8 Å². The summed E-state index contributed by atoms with van der Waals surface area (Å²) in [5, 5.41) is 6.13. The van der Waals surface area contributed by atoms with E-state index >= 15 is 0 Å². The van der Waals surface area contributed by atoms with Crippen LogP contribution in [0.5, 0.6) is 0 Å². The van der Waals surface area contributed by atoms with Crippen molar-refractivity contribution in [1.82, 2.24) is 13.7 Å². The SMILES string of the molecule is Cc1ccc(N(c2ccc(-n3c4ccccc4c4ccc5c(-c6ccccc6)cn(-c6ccccc6)c5c43)cc2)c2ccc3c(c2)c2ccccc2n3-c2ccc(C)cc2)cc1. The zero-order valence-electron chi connectivity index (χ0n) is 34.6. The Hall–Kier alpha value is -8.08. The zero-order chi connectivity index (χ0) is 41.3. The van der Waals surface area contributed by atoms with Crippen LogP contribution in [0.1, 0.15) is 11.1 Å². The summed E-state index contributed by atoms with van der Waals surface area (Å²) in [7, 11) is 0. The van der Waals surface area contributed by atoms with E-state index in [1.807, 2.05) is 0 Å². The van der Waals surface area contributed by atoms with Crippen LogP contribution in [0.25, 0.3) is 82.7 Å². The molecule has 62 heavy (non-hydrogen) atoms. The molecule has 12 aromatic rings. The first kappa shape index (κ1) is 35.8. The first-order valence-electron chi connectivity index (χ1n) is 21.3. The van der Waals surface area contributed by atoms with Crippen LogP contribution in [-0.2, 0) is 0 Å². The van der Waals surface area contributed by atoms with E-state index in [4.69, 9.17) is 0 Å². The van der Waals surface area contributed by atoms with Crippen molar-refractivity contribution in [3.05, 3.63) is 230 Å². The normalized spacial score (nSPS) is 11.7. The van der Waals surface area contributed by atoms with Gasteiger partial charge in [0.2, 0.25) is 0 Å². The molecule has 12 rings (SSSR count). The van der Waals surface area contributed by atoms with Crippen LogP contribution in [0.3, 0.4) is 0 Å². The first-order chi connectivity index (χ1) is 30.6. The number of benzene rings is 9. The molecule has 0 saturated carbocycles. The molecule has 0 aliphatic rings. The van der Waals surface area contributed by atoms with Crippen LogP contribution < -0.4 is 4.90 Å². The number of rotatable bonds is 7. The number of nitrogens with zero attached hydrogens (tertiary/aromatic N) is 4. The van der Waals surface area contributed by atoms with Gasteiger partial charge in [-0.3, -0.25) is 0 Å². The maximum Gasteiger partial charge on any atom is 0.0788 e. The molecule has 0 aliphatic carbocycles. The number of hydrogen-bond donors (Lipinski definition) is 0. The minimum Gasteiger partial charge on any atom is -0.314 e. The van der Waals surface area contributed by atoms with Crippen molar-refractivity contribution in [3.63, 3.8) is 0 Å². The summed E-state index contributed by atoms with van der Waals surface area (Å²) in [4.78, 5) is 2.39. The third kappa shape index (κ3) is 5.68. The van der Waals surface area contributed by atoms with Crippen molar-refractivity contribution >= 4 is 71.6 Å². The Balaban J connectivity index is 1.06. The highest BCUT2D eigenvalue weighted by atomic mass is 15.1. The lowest BCUT2D eigenvalue weighted by Crippen LogP contribution is -2.10. The van der Waals surface area contributed by atoms with Gasteiger partial charge in [-0.15, -0.1) is 0 Å². The third-order valence-corrected chi connectivity index (χ3v) is 12.6. The summed E-state index contributed by atoms with van der Waals surface area (Å²) in [6.07, 6.45) is 2.31. The molecule has 0 aliphatic heterocycles. The number of aromatic nitrogens is 3. The van der Waals surface area contributed by atoms with Crippen molar-refractivity contribution in [1.29, 1.82) is 0 Å². The molecule has 0 radical (unpaired) electrons. The van der Waals surface area contributed by atoms with Gasteiger partial charge in [-0.25, -0.2) is 0 Å². The quantitative estimate of drug-likeness (QED) is 0.157. The van der Waals surface area contributed by atoms with E-state index in [-0.39, 0.29) is 0 Å². The van der Waals surface area contributed by atoms with Crippen LogP contribution >= 0.6 is 0 Å². The lowest BCUT2D eigenvalue weighted by molar-refractivity contribution is 1.12. The third-order valence-electron chi connectivity index (χ3n) is 12.6. The van der Waals surface area contributed by atoms with Gasteiger partial charge in [0.15, 0.2) is 0 Å². The van der Waals surface area contributed by atoms with Gasteiger partial charge in [0.05, 0.1) is 27.6 Å². The zero-order valence-corrected chi connectivity index (χ0v) is 34.6. The monoisotopic (exact) mass is 794 g/mol. The van der Waals surface area contributed by atoms with Gasteiger partial charge in [-0.1, -0.05) is 132 Å². The molecule has 0 saturated heterocycles. The highest BCUT2D eigenvalue weighted by Crippen LogP contribution is 2.44. The molecule has 0 N–H and O–H groups in total. The number of anilines is 3. The molecule has 0 atom stereocenters. The fourth-order valence-corrected chi connectivity index (χ4v) is 9.64. The predicted octanol–water partition coefficient (Wildman–Crippen LogP) is 15.6. The van der Waals surface area contributed by atoms with Gasteiger partial charge < -0.3 is 18.6 Å². The molecule has 0 amide bonds. The number of fused-ring (bicyclic) bond motifs is 8. The Labute approximate surface area is 360 Å². The molecular weight excluding hydrogens is 753 g/mol. The molecular formula is C58H42N4.